The number of sulfone groups is 1. The zero-order valence-electron chi connectivity index (χ0n) is 16.4. The van der Waals surface area contributed by atoms with Gasteiger partial charge < -0.3 is 15.5 Å². The highest BCUT2D eigenvalue weighted by Gasteiger charge is 2.28. The quantitative estimate of drug-likeness (QED) is 0.534. The molecule has 1 atom stereocenters. The highest BCUT2D eigenvalue weighted by Crippen LogP contribution is 2.11. The van der Waals surface area contributed by atoms with E-state index in [1.165, 1.54) is 11.1 Å². The topological polar surface area (TPSA) is 90.9 Å². The normalized spacial score (nSPS) is 18.9. The number of rotatable bonds is 7. The van der Waals surface area contributed by atoms with Crippen molar-refractivity contribution in [3.05, 3.63) is 35.4 Å². The van der Waals surface area contributed by atoms with Gasteiger partial charge in [-0.25, -0.2) is 8.42 Å². The Labute approximate surface area is 162 Å². The van der Waals surface area contributed by atoms with Crippen molar-refractivity contribution in [2.45, 2.75) is 39.3 Å². The van der Waals surface area contributed by atoms with Crippen molar-refractivity contribution in [2.24, 2.45) is 4.99 Å². The molecule has 1 fully saturated rings. The minimum atomic E-state index is -2.99. The molecule has 0 spiro atoms. The Kier molecular flexibility index (Phi) is 7.65. The second kappa shape index (κ2) is 9.73. The first-order valence-corrected chi connectivity index (χ1v) is 11.2. The largest absolute Gasteiger partial charge is 0.357 e. The van der Waals surface area contributed by atoms with E-state index in [0.29, 0.717) is 13.0 Å². The van der Waals surface area contributed by atoms with E-state index in [4.69, 9.17) is 0 Å². The van der Waals surface area contributed by atoms with Crippen LogP contribution in [0.25, 0.3) is 0 Å². The van der Waals surface area contributed by atoms with Crippen LogP contribution >= 0.6 is 0 Å². The van der Waals surface area contributed by atoms with Gasteiger partial charge >= 0.3 is 0 Å². The van der Waals surface area contributed by atoms with Gasteiger partial charge in [0.15, 0.2) is 15.8 Å². The van der Waals surface area contributed by atoms with Gasteiger partial charge in [0, 0.05) is 32.6 Å². The van der Waals surface area contributed by atoms with Crippen molar-refractivity contribution in [3.8, 4) is 0 Å². The maximum atomic E-state index is 12.0. The van der Waals surface area contributed by atoms with Gasteiger partial charge in [-0.2, -0.15) is 0 Å². The number of carbonyl (C=O) groups excluding carboxylic acids is 1. The van der Waals surface area contributed by atoms with E-state index in [2.05, 4.69) is 34.7 Å². The molecule has 2 N–H and O–H groups in total. The molecule has 1 amide bonds. The van der Waals surface area contributed by atoms with Crippen LogP contribution in [0, 0.1) is 6.92 Å². The summed E-state index contributed by atoms with van der Waals surface area (Å²) < 4.78 is 22.9. The molecule has 2 rings (SSSR count). The van der Waals surface area contributed by atoms with Crippen molar-refractivity contribution in [2.75, 3.05) is 31.6 Å². The first kappa shape index (κ1) is 21.2. The number of nitrogens with zero attached hydrogens (tertiary/aromatic N) is 2. The lowest BCUT2D eigenvalue weighted by molar-refractivity contribution is -0.121. The summed E-state index contributed by atoms with van der Waals surface area (Å²) in [6.45, 7) is 5.91. The summed E-state index contributed by atoms with van der Waals surface area (Å²) in [6, 6.07) is 7.96. The van der Waals surface area contributed by atoms with Crippen LogP contribution < -0.4 is 10.6 Å². The Morgan fingerprint density at radius 1 is 1.33 bits per heavy atom. The molecular weight excluding hydrogens is 364 g/mol. The van der Waals surface area contributed by atoms with E-state index in [0.717, 1.165) is 19.0 Å². The van der Waals surface area contributed by atoms with Crippen LogP contribution in [-0.4, -0.2) is 62.9 Å². The van der Waals surface area contributed by atoms with Crippen LogP contribution in [0.15, 0.2) is 29.3 Å². The molecule has 1 heterocycles. The van der Waals surface area contributed by atoms with Crippen LogP contribution in [0.3, 0.4) is 0 Å². The summed E-state index contributed by atoms with van der Waals surface area (Å²) in [5.74, 6) is 0.795. The zero-order chi connectivity index (χ0) is 19.9. The summed E-state index contributed by atoms with van der Waals surface area (Å²) in [6.07, 6.45) is 0.739. The molecular formula is C19H30N4O3S. The van der Waals surface area contributed by atoms with Gasteiger partial charge in [-0.05, 0) is 31.4 Å². The number of benzene rings is 1. The molecule has 7 nitrogen and oxygen atoms in total. The predicted octanol–water partition coefficient (Wildman–Crippen LogP) is 1.09. The van der Waals surface area contributed by atoms with Gasteiger partial charge in [0.25, 0.3) is 0 Å². The second-order valence-corrected chi connectivity index (χ2v) is 9.16. The van der Waals surface area contributed by atoms with Crippen LogP contribution in [0.1, 0.15) is 30.9 Å². The minimum Gasteiger partial charge on any atom is -0.357 e. The molecule has 1 aromatic rings. The van der Waals surface area contributed by atoms with Gasteiger partial charge in [0.05, 0.1) is 18.1 Å². The maximum absolute atomic E-state index is 12.0. The molecule has 0 radical (unpaired) electrons. The van der Waals surface area contributed by atoms with Crippen LogP contribution in [0.4, 0.5) is 0 Å². The average molecular weight is 395 g/mol. The summed E-state index contributed by atoms with van der Waals surface area (Å²) in [7, 11) is -1.02. The van der Waals surface area contributed by atoms with Gasteiger partial charge in [-0.1, -0.05) is 24.3 Å². The van der Waals surface area contributed by atoms with Gasteiger partial charge in [-0.3, -0.25) is 9.79 Å². The van der Waals surface area contributed by atoms with Crippen LogP contribution in [0.2, 0.25) is 0 Å². The molecule has 1 aromatic carbocycles. The molecule has 0 aliphatic carbocycles. The number of aryl methyl sites for hydroxylation is 1. The fraction of sp³-hybridized carbons (Fsp3) is 0.579. The lowest BCUT2D eigenvalue weighted by atomic mass is 10.1. The van der Waals surface area contributed by atoms with Gasteiger partial charge in [0.2, 0.25) is 5.91 Å². The number of carbonyl (C=O) groups is 1. The maximum Gasteiger partial charge on any atom is 0.222 e. The molecule has 1 unspecified atom stereocenters. The smallest absolute Gasteiger partial charge is 0.222 e. The Bertz CT molecular complexity index is 777. The summed E-state index contributed by atoms with van der Waals surface area (Å²) in [4.78, 5) is 18.6. The molecule has 27 heavy (non-hydrogen) atoms. The first-order valence-electron chi connectivity index (χ1n) is 9.34. The fourth-order valence-corrected chi connectivity index (χ4v) is 4.73. The predicted molar refractivity (Wildman–Crippen MR) is 108 cm³/mol. The summed E-state index contributed by atoms with van der Waals surface area (Å²) in [5.41, 5.74) is 2.46. The summed E-state index contributed by atoms with van der Waals surface area (Å²) in [5, 5.41) is 6.04. The number of hydrogen-bond acceptors (Lipinski definition) is 4. The fourth-order valence-electron chi connectivity index (χ4n) is 3.06. The number of guanidine groups is 1. The highest BCUT2D eigenvalue weighted by molar-refractivity contribution is 7.91. The number of amides is 1. The van der Waals surface area contributed by atoms with Crippen molar-refractivity contribution < 1.29 is 13.2 Å². The lowest BCUT2D eigenvalue weighted by Gasteiger charge is -2.23. The van der Waals surface area contributed by atoms with E-state index in [1.54, 1.807) is 0 Å². The second-order valence-electron chi connectivity index (χ2n) is 6.94. The summed E-state index contributed by atoms with van der Waals surface area (Å²) >= 11 is 0. The number of hydrogen-bond donors (Lipinski definition) is 2. The van der Waals surface area contributed by atoms with Crippen molar-refractivity contribution in [1.29, 1.82) is 0 Å². The zero-order valence-corrected chi connectivity index (χ0v) is 17.2. The molecule has 1 saturated heterocycles. The number of nitrogens with one attached hydrogen (secondary N) is 2. The van der Waals surface area contributed by atoms with Gasteiger partial charge in [-0.15, -0.1) is 0 Å². The van der Waals surface area contributed by atoms with E-state index in [9.17, 15) is 13.2 Å². The van der Waals surface area contributed by atoms with Crippen LogP contribution in [-0.2, 0) is 21.2 Å². The highest BCUT2D eigenvalue weighted by atomic mass is 32.2. The van der Waals surface area contributed by atoms with Crippen molar-refractivity contribution >= 4 is 21.7 Å². The molecule has 1 aliphatic heterocycles. The Morgan fingerprint density at radius 2 is 2.07 bits per heavy atom. The van der Waals surface area contributed by atoms with Crippen LogP contribution in [0.5, 0.6) is 0 Å². The SMILES string of the molecule is CCNC(=NCCC(=O)NC1CCS(=O)(=O)C1)N(C)Cc1ccccc1C. The molecule has 8 heteroatoms. The monoisotopic (exact) mass is 394 g/mol. The minimum absolute atomic E-state index is 0.0454. The Hall–Kier alpha value is -2.09. The Balaban J connectivity index is 1.87. The van der Waals surface area contributed by atoms with Crippen molar-refractivity contribution in [3.63, 3.8) is 0 Å². The lowest BCUT2D eigenvalue weighted by Crippen LogP contribution is -2.39. The third kappa shape index (κ3) is 6.86. The third-order valence-electron chi connectivity index (χ3n) is 4.56. The first-order chi connectivity index (χ1) is 12.8. The average Bonchev–Trinajstić information content (AvgIpc) is 2.94. The third-order valence-corrected chi connectivity index (χ3v) is 6.33. The molecule has 0 saturated carbocycles. The number of aliphatic imine (C=N–C) groups is 1. The molecule has 0 bridgehead atoms. The van der Waals surface area contributed by atoms with Gasteiger partial charge in [0.1, 0.15) is 0 Å². The van der Waals surface area contributed by atoms with E-state index in [1.807, 2.05) is 31.0 Å². The van der Waals surface area contributed by atoms with Crippen molar-refractivity contribution in [1.82, 2.24) is 15.5 Å². The standard InChI is InChI=1S/C19H30N4O3S/c1-4-20-19(23(3)13-16-8-6-5-7-15(16)2)21-11-9-18(24)22-17-10-12-27(25,26)14-17/h5-8,17H,4,9-14H2,1-3H3,(H,20,21)(H,22,24). The van der Waals surface area contributed by atoms with E-state index >= 15 is 0 Å². The molecule has 1 aliphatic rings. The van der Waals surface area contributed by atoms with E-state index < -0.39 is 9.84 Å². The Morgan fingerprint density at radius 3 is 2.70 bits per heavy atom. The molecule has 0 aromatic heterocycles. The van der Waals surface area contributed by atoms with E-state index in [-0.39, 0.29) is 29.9 Å². The molecule has 150 valence electrons.